The minimum Gasteiger partial charge on any atom is -0.508 e. The minimum absolute atomic E-state index is 0.0806. The number of hydrogen-bond donors (Lipinski definition) is 2. The van der Waals surface area contributed by atoms with Crippen LogP contribution in [0.15, 0.2) is 90.6 Å². The lowest BCUT2D eigenvalue weighted by atomic mass is 9.49. The summed E-state index contributed by atoms with van der Waals surface area (Å²) in [5.74, 6) is -7.61. The van der Waals surface area contributed by atoms with Gasteiger partial charge in [0.2, 0.25) is 11.8 Å². The number of carbonyl (C=O) groups excluding carboxylic acids is 4. The van der Waals surface area contributed by atoms with Gasteiger partial charge < -0.3 is 19.5 Å². The Balaban J connectivity index is 1.17. The van der Waals surface area contributed by atoms with E-state index in [0.29, 0.717) is 71.2 Å². The Morgan fingerprint density at radius 1 is 0.900 bits per heavy atom. The lowest BCUT2D eigenvalue weighted by Gasteiger charge is -2.50. The number of hydrazine groups is 1. The van der Waals surface area contributed by atoms with Crippen molar-refractivity contribution in [3.05, 3.63) is 117 Å². The third-order valence-corrected chi connectivity index (χ3v) is 13.1. The summed E-state index contributed by atoms with van der Waals surface area (Å²) in [5.41, 5.74) is 2.14. The second kappa shape index (κ2) is 14.8. The molecule has 1 saturated carbocycles. The summed E-state index contributed by atoms with van der Waals surface area (Å²) in [6, 6.07) is 18.7. The highest BCUT2D eigenvalue weighted by Gasteiger charge is 2.70. The molecule has 0 spiro atoms. The molecule has 2 N–H and O–H groups in total. The van der Waals surface area contributed by atoms with Gasteiger partial charge in [0.1, 0.15) is 11.5 Å². The lowest BCUT2D eigenvalue weighted by molar-refractivity contribution is -0.139. The smallest absolute Gasteiger partial charge is 0.417 e. The summed E-state index contributed by atoms with van der Waals surface area (Å²) >= 11 is 12.6. The number of rotatable bonds is 7. The van der Waals surface area contributed by atoms with E-state index >= 15 is 4.79 Å². The van der Waals surface area contributed by atoms with E-state index in [1.54, 1.807) is 48.5 Å². The highest BCUT2D eigenvalue weighted by molar-refractivity contribution is 6.33. The number of imide groups is 2. The van der Waals surface area contributed by atoms with Crippen molar-refractivity contribution < 1.29 is 46.9 Å². The van der Waals surface area contributed by atoms with Crippen molar-refractivity contribution in [2.75, 3.05) is 48.6 Å². The van der Waals surface area contributed by atoms with Crippen LogP contribution in [0.4, 0.5) is 30.4 Å². The molecule has 12 nitrogen and oxygen atoms in total. The molecule has 4 aromatic rings. The molecule has 3 aromatic carbocycles. The Labute approximate surface area is 351 Å². The number of fused-ring (bicyclic) bond motifs is 4. The fraction of sp³-hybridized carbons (Fsp3) is 0.326. The van der Waals surface area contributed by atoms with Crippen LogP contribution in [0.2, 0.25) is 10.0 Å². The molecule has 4 heterocycles. The molecule has 4 amide bonds. The summed E-state index contributed by atoms with van der Waals surface area (Å²) in [6.07, 6.45) is -2.34. The third kappa shape index (κ3) is 6.19. The first-order valence-corrected chi connectivity index (χ1v) is 20.0. The number of benzene rings is 3. The highest BCUT2D eigenvalue weighted by Crippen LogP contribution is 2.65. The van der Waals surface area contributed by atoms with Crippen LogP contribution >= 0.6 is 23.2 Å². The molecule has 310 valence electrons. The highest BCUT2D eigenvalue weighted by atomic mass is 35.5. The number of phenolic OH excluding ortho intramolecular Hbond substituents is 1. The van der Waals surface area contributed by atoms with E-state index in [9.17, 15) is 32.7 Å². The first kappa shape index (κ1) is 39.8. The number of nitrogens with zero attached hydrogens (tertiary/aromatic N) is 4. The van der Waals surface area contributed by atoms with Crippen molar-refractivity contribution >= 4 is 64.0 Å². The fourth-order valence-corrected chi connectivity index (χ4v) is 10.2. The fourth-order valence-electron chi connectivity index (χ4n) is 9.91. The Morgan fingerprint density at radius 3 is 2.25 bits per heavy atom. The zero-order valence-electron chi connectivity index (χ0n) is 31.8. The predicted octanol–water partition coefficient (Wildman–Crippen LogP) is 7.15. The zero-order valence-corrected chi connectivity index (χ0v) is 33.3. The van der Waals surface area contributed by atoms with Crippen LogP contribution in [0.1, 0.15) is 35.4 Å². The Morgan fingerprint density at radius 2 is 1.60 bits per heavy atom. The van der Waals surface area contributed by atoms with E-state index in [2.05, 4.69) is 15.3 Å². The average Bonchev–Trinajstić information content (AvgIpc) is 3.62. The van der Waals surface area contributed by atoms with Gasteiger partial charge in [-0.1, -0.05) is 53.1 Å². The molecule has 6 unspecified atom stereocenters. The van der Waals surface area contributed by atoms with Gasteiger partial charge in [0.15, 0.2) is 5.82 Å². The van der Waals surface area contributed by atoms with Crippen molar-refractivity contribution in [1.29, 1.82) is 0 Å². The molecule has 6 atom stereocenters. The third-order valence-electron chi connectivity index (χ3n) is 12.6. The largest absolute Gasteiger partial charge is 0.508 e. The number of alkyl halides is 3. The second-order valence-corrected chi connectivity index (χ2v) is 16.3. The quantitative estimate of drug-likeness (QED) is 0.146. The number of pyridine rings is 1. The molecule has 3 saturated heterocycles. The summed E-state index contributed by atoms with van der Waals surface area (Å²) in [4.78, 5) is 66.5. The topological polar surface area (TPSA) is 142 Å². The summed E-state index contributed by atoms with van der Waals surface area (Å²) in [5, 5.41) is 12.3. The molecule has 4 fully saturated rings. The Hall–Kier alpha value is -5.64. The van der Waals surface area contributed by atoms with Crippen LogP contribution < -0.4 is 20.0 Å². The molecule has 5 aliphatic rings. The standard InChI is InChI=1S/C43H36Cl2F3N5O7/c1-59-27-10-11-29(34(54)19-27)36-28-12-13-30-35(40(57)52(38(30)55)26-8-6-25(7-9-26)51-14-16-60-17-15-51)31(28)20-32-39(56)53(41(58)42(32,36)22-2-4-24(44)5-3-22)50-37-33(45)18-23(21-49-37)43(46,47)48/h2-12,18-19,21,30-32,35-36,54H,13-17,20H2,1H3,(H,49,50). The molecule has 9 rings (SSSR count). The molecular formula is C43H36Cl2F3N5O7. The number of aromatic nitrogens is 1. The maximum atomic E-state index is 15.4. The SMILES string of the molecule is COc1ccc(C2C3=CCC4C(=O)N(c5ccc(N6CCOCC6)cc5)C(=O)C4C3CC3C(=O)N(Nc4ncc(C(F)(F)F)cc4Cl)C(=O)C32c2ccc(Cl)cc2)c(O)c1. The number of amides is 4. The summed E-state index contributed by atoms with van der Waals surface area (Å²) in [7, 11) is 1.42. The maximum Gasteiger partial charge on any atom is 0.417 e. The van der Waals surface area contributed by atoms with Gasteiger partial charge in [-0.15, -0.1) is 0 Å². The first-order valence-electron chi connectivity index (χ1n) is 19.2. The molecule has 3 aliphatic heterocycles. The van der Waals surface area contributed by atoms with Crippen LogP contribution in [0.25, 0.3) is 0 Å². The van der Waals surface area contributed by atoms with Crippen molar-refractivity contribution in [3.8, 4) is 11.5 Å². The van der Waals surface area contributed by atoms with Crippen molar-refractivity contribution in [3.63, 3.8) is 0 Å². The first-order chi connectivity index (χ1) is 28.7. The van der Waals surface area contributed by atoms with Crippen molar-refractivity contribution in [2.24, 2.45) is 23.7 Å². The van der Waals surface area contributed by atoms with E-state index in [0.717, 1.165) is 5.69 Å². The van der Waals surface area contributed by atoms with Gasteiger partial charge in [-0.25, -0.2) is 4.98 Å². The number of ether oxygens (including phenoxy) is 2. The van der Waals surface area contributed by atoms with Crippen molar-refractivity contribution in [1.82, 2.24) is 9.99 Å². The molecule has 1 aromatic heterocycles. The van der Waals surface area contributed by atoms with Gasteiger partial charge in [-0.05, 0) is 72.9 Å². The molecule has 0 bridgehead atoms. The number of phenols is 1. The zero-order chi connectivity index (χ0) is 42.2. The Bertz CT molecular complexity index is 2460. The van der Waals surface area contributed by atoms with Gasteiger partial charge in [0.05, 0.1) is 59.8 Å². The normalized spacial score (nSPS) is 26.5. The monoisotopic (exact) mass is 861 g/mol. The number of methoxy groups -OCH3 is 1. The number of hydrogen-bond acceptors (Lipinski definition) is 10. The summed E-state index contributed by atoms with van der Waals surface area (Å²) in [6.45, 7) is 2.57. The lowest BCUT2D eigenvalue weighted by Crippen LogP contribution is -2.53. The number of morpholine rings is 1. The van der Waals surface area contributed by atoms with Crippen molar-refractivity contribution in [2.45, 2.75) is 30.4 Å². The molecule has 0 radical (unpaired) electrons. The van der Waals surface area contributed by atoms with Gasteiger partial charge in [0.25, 0.3) is 11.8 Å². The maximum absolute atomic E-state index is 15.4. The van der Waals surface area contributed by atoms with E-state index in [-0.39, 0.29) is 30.0 Å². The molecule has 2 aliphatic carbocycles. The second-order valence-electron chi connectivity index (χ2n) is 15.5. The number of carbonyl (C=O) groups is 4. The van der Waals surface area contributed by atoms with Gasteiger partial charge in [0, 0.05) is 47.5 Å². The van der Waals surface area contributed by atoms with E-state index in [4.69, 9.17) is 32.7 Å². The van der Waals surface area contributed by atoms with Crippen LogP contribution in [0, 0.1) is 23.7 Å². The average molecular weight is 863 g/mol. The van der Waals surface area contributed by atoms with E-state index < -0.39 is 75.4 Å². The van der Waals surface area contributed by atoms with Gasteiger partial charge in [-0.3, -0.25) is 29.5 Å². The minimum atomic E-state index is -4.77. The number of halogens is 5. The Kier molecular flexibility index (Phi) is 9.83. The van der Waals surface area contributed by atoms with E-state index in [1.165, 1.54) is 18.1 Å². The van der Waals surface area contributed by atoms with Crippen LogP contribution in [-0.2, 0) is 35.5 Å². The summed E-state index contributed by atoms with van der Waals surface area (Å²) < 4.78 is 51.5. The number of anilines is 3. The molecule has 60 heavy (non-hydrogen) atoms. The van der Waals surface area contributed by atoms with Crippen LogP contribution in [0.5, 0.6) is 11.5 Å². The van der Waals surface area contributed by atoms with Crippen LogP contribution in [0.3, 0.4) is 0 Å². The van der Waals surface area contributed by atoms with Gasteiger partial charge >= 0.3 is 6.18 Å². The predicted molar refractivity (Wildman–Crippen MR) is 213 cm³/mol. The number of allylic oxidation sites excluding steroid dienone is 2. The van der Waals surface area contributed by atoms with E-state index in [1.807, 2.05) is 18.2 Å². The van der Waals surface area contributed by atoms with Gasteiger partial charge in [-0.2, -0.15) is 18.2 Å². The van der Waals surface area contributed by atoms with Crippen LogP contribution in [-0.4, -0.2) is 72.1 Å². The molecule has 17 heteroatoms. The number of nitrogens with one attached hydrogen (secondary N) is 1. The molecular weight excluding hydrogens is 826 g/mol. The number of aromatic hydroxyl groups is 1.